The van der Waals surface area contributed by atoms with E-state index in [1.807, 2.05) is 13.8 Å². The number of aromatic nitrogens is 1. The molecule has 0 spiro atoms. The van der Waals surface area contributed by atoms with Crippen LogP contribution in [0.25, 0.3) is 0 Å². The van der Waals surface area contributed by atoms with Crippen LogP contribution in [0.15, 0.2) is 28.6 Å². The third-order valence-electron chi connectivity index (χ3n) is 2.20. The fourth-order valence-corrected chi connectivity index (χ4v) is 3.92. The first-order chi connectivity index (χ1) is 8.38. The number of nitrogens with zero attached hydrogens (tertiary/aromatic N) is 1. The number of aryl methyl sites for hydroxylation is 2. The van der Waals surface area contributed by atoms with Gasteiger partial charge in [0.25, 0.3) is 10.0 Å². The molecule has 96 valence electrons. The van der Waals surface area contributed by atoms with Crippen molar-refractivity contribution >= 4 is 38.6 Å². The molecule has 2 aromatic rings. The Bertz CT molecular complexity index is 680. The van der Waals surface area contributed by atoms with Gasteiger partial charge in [0.1, 0.15) is 4.21 Å². The Morgan fingerprint density at radius 2 is 2.06 bits per heavy atom. The molecule has 0 bridgehead atoms. The molecule has 2 rings (SSSR count). The van der Waals surface area contributed by atoms with Crippen molar-refractivity contribution in [3.8, 4) is 0 Å². The lowest BCUT2D eigenvalue weighted by Gasteiger charge is -2.08. The molecule has 0 aliphatic carbocycles. The average Bonchev–Trinajstić information content (AvgIpc) is 2.71. The monoisotopic (exact) mass is 302 g/mol. The van der Waals surface area contributed by atoms with E-state index in [2.05, 4.69) is 9.71 Å². The van der Waals surface area contributed by atoms with Crippen molar-refractivity contribution in [1.29, 1.82) is 0 Å². The summed E-state index contributed by atoms with van der Waals surface area (Å²) in [5, 5.41) is 0.137. The van der Waals surface area contributed by atoms with Crippen LogP contribution in [0.5, 0.6) is 0 Å². The van der Waals surface area contributed by atoms with Crippen LogP contribution in [-0.4, -0.2) is 13.4 Å². The minimum Gasteiger partial charge on any atom is -0.276 e. The molecule has 2 aromatic heterocycles. The summed E-state index contributed by atoms with van der Waals surface area (Å²) >= 11 is 7.07. The average molecular weight is 303 g/mol. The molecule has 0 aromatic carbocycles. The van der Waals surface area contributed by atoms with Gasteiger partial charge in [-0.15, -0.1) is 11.3 Å². The van der Waals surface area contributed by atoms with E-state index in [-0.39, 0.29) is 9.36 Å². The molecule has 4 nitrogen and oxygen atoms in total. The van der Waals surface area contributed by atoms with E-state index in [9.17, 15) is 8.42 Å². The number of halogens is 1. The fraction of sp³-hybridized carbons (Fsp3) is 0.182. The second-order valence-electron chi connectivity index (χ2n) is 3.82. The summed E-state index contributed by atoms with van der Waals surface area (Å²) in [5.41, 5.74) is 1.13. The fourth-order valence-electron chi connectivity index (χ4n) is 1.38. The molecule has 0 saturated carbocycles. The van der Waals surface area contributed by atoms with Crippen LogP contribution in [-0.2, 0) is 10.0 Å². The van der Waals surface area contributed by atoms with Crippen molar-refractivity contribution < 1.29 is 8.42 Å². The summed E-state index contributed by atoms with van der Waals surface area (Å²) in [4.78, 5) is 4.84. The molecule has 0 radical (unpaired) electrons. The van der Waals surface area contributed by atoms with Crippen molar-refractivity contribution in [1.82, 2.24) is 4.98 Å². The molecule has 0 saturated heterocycles. The first kappa shape index (κ1) is 13.3. The highest BCUT2D eigenvalue weighted by molar-refractivity contribution is 7.94. The third kappa shape index (κ3) is 2.82. The second kappa shape index (κ2) is 4.87. The molecule has 1 N–H and O–H groups in total. The van der Waals surface area contributed by atoms with Crippen molar-refractivity contribution in [2.75, 3.05) is 4.72 Å². The highest BCUT2D eigenvalue weighted by atomic mass is 35.5. The van der Waals surface area contributed by atoms with Crippen LogP contribution in [0.2, 0.25) is 5.15 Å². The van der Waals surface area contributed by atoms with Gasteiger partial charge in [0.2, 0.25) is 0 Å². The van der Waals surface area contributed by atoms with Crippen LogP contribution in [0.3, 0.4) is 0 Å². The summed E-state index contributed by atoms with van der Waals surface area (Å²) in [6, 6.07) is 4.97. The van der Waals surface area contributed by atoms with Gasteiger partial charge in [-0.3, -0.25) is 4.72 Å². The van der Waals surface area contributed by atoms with Gasteiger partial charge in [0.05, 0.1) is 5.69 Å². The quantitative estimate of drug-likeness (QED) is 0.886. The number of anilines is 1. The zero-order valence-corrected chi connectivity index (χ0v) is 12.2. The molecular formula is C11H11ClN2O2S2. The summed E-state index contributed by atoms with van der Waals surface area (Å²) in [7, 11) is -3.59. The SMILES string of the molecule is Cc1cnc(Cl)c(NS(=O)(=O)c2ccc(C)s2)c1. The van der Waals surface area contributed by atoms with Crippen molar-refractivity contribution in [2.45, 2.75) is 18.1 Å². The lowest BCUT2D eigenvalue weighted by molar-refractivity contribution is 0.603. The van der Waals surface area contributed by atoms with Crippen LogP contribution in [0, 0.1) is 13.8 Å². The van der Waals surface area contributed by atoms with Gasteiger partial charge >= 0.3 is 0 Å². The minimum absolute atomic E-state index is 0.137. The Labute approximate surface area is 115 Å². The van der Waals surface area contributed by atoms with Crippen molar-refractivity contribution in [3.63, 3.8) is 0 Å². The molecule has 0 aliphatic rings. The number of pyridine rings is 1. The smallest absolute Gasteiger partial charge is 0.271 e. The maximum atomic E-state index is 12.1. The van der Waals surface area contributed by atoms with Crippen LogP contribution < -0.4 is 4.72 Å². The van der Waals surface area contributed by atoms with Crippen LogP contribution >= 0.6 is 22.9 Å². The highest BCUT2D eigenvalue weighted by Gasteiger charge is 2.18. The van der Waals surface area contributed by atoms with Crippen LogP contribution in [0.1, 0.15) is 10.4 Å². The third-order valence-corrected chi connectivity index (χ3v) is 5.36. The maximum absolute atomic E-state index is 12.1. The van der Waals surface area contributed by atoms with E-state index >= 15 is 0 Å². The number of nitrogens with one attached hydrogen (secondary N) is 1. The maximum Gasteiger partial charge on any atom is 0.271 e. The molecule has 0 fully saturated rings. The summed E-state index contributed by atoms with van der Waals surface area (Å²) in [6.07, 6.45) is 1.58. The first-order valence-corrected chi connectivity index (χ1v) is 7.77. The molecule has 0 amide bonds. The number of hydrogen-bond acceptors (Lipinski definition) is 4. The zero-order chi connectivity index (χ0) is 13.3. The van der Waals surface area contributed by atoms with Crippen molar-refractivity contribution in [3.05, 3.63) is 40.0 Å². The topological polar surface area (TPSA) is 59.1 Å². The summed E-state index contributed by atoms with van der Waals surface area (Å²) < 4.78 is 26.9. The Morgan fingerprint density at radius 3 is 2.67 bits per heavy atom. The highest BCUT2D eigenvalue weighted by Crippen LogP contribution is 2.26. The lowest BCUT2D eigenvalue weighted by Crippen LogP contribution is -2.12. The van der Waals surface area contributed by atoms with E-state index in [1.54, 1.807) is 24.4 Å². The predicted molar refractivity (Wildman–Crippen MR) is 73.8 cm³/mol. The number of hydrogen-bond donors (Lipinski definition) is 1. The van der Waals surface area contributed by atoms with E-state index < -0.39 is 10.0 Å². The molecule has 0 aliphatic heterocycles. The summed E-state index contributed by atoms with van der Waals surface area (Å²) in [6.45, 7) is 3.67. The number of rotatable bonds is 3. The van der Waals surface area contributed by atoms with Gasteiger partial charge in [0, 0.05) is 11.1 Å². The van der Waals surface area contributed by atoms with Gasteiger partial charge in [-0.25, -0.2) is 13.4 Å². The van der Waals surface area contributed by atoms with Gasteiger partial charge in [-0.2, -0.15) is 0 Å². The predicted octanol–water partition coefficient (Wildman–Crippen LogP) is 3.21. The molecule has 0 atom stereocenters. The van der Waals surface area contributed by atoms with Gasteiger partial charge in [-0.1, -0.05) is 11.6 Å². The van der Waals surface area contributed by atoms with E-state index in [4.69, 9.17) is 11.6 Å². The lowest BCUT2D eigenvalue weighted by atomic mass is 10.3. The zero-order valence-electron chi connectivity index (χ0n) is 9.77. The molecule has 2 heterocycles. The van der Waals surface area contributed by atoms with E-state index in [0.29, 0.717) is 5.69 Å². The van der Waals surface area contributed by atoms with E-state index in [0.717, 1.165) is 10.4 Å². The molecule has 7 heteroatoms. The summed E-state index contributed by atoms with van der Waals surface area (Å²) in [5.74, 6) is 0. The number of sulfonamides is 1. The van der Waals surface area contributed by atoms with Gasteiger partial charge in [-0.05, 0) is 37.6 Å². The Kier molecular flexibility index (Phi) is 3.61. The van der Waals surface area contributed by atoms with Gasteiger partial charge < -0.3 is 0 Å². The standard InChI is InChI=1S/C11H11ClN2O2S2/c1-7-5-9(11(12)13-6-7)14-18(15,16)10-4-3-8(2)17-10/h3-6,14H,1-2H3. The normalized spacial score (nSPS) is 11.5. The molecular weight excluding hydrogens is 292 g/mol. The Balaban J connectivity index is 2.36. The Morgan fingerprint density at radius 1 is 1.33 bits per heavy atom. The first-order valence-electron chi connectivity index (χ1n) is 5.10. The Hall–Kier alpha value is -1.11. The molecule has 18 heavy (non-hydrogen) atoms. The minimum atomic E-state index is -3.59. The van der Waals surface area contributed by atoms with Crippen LogP contribution in [0.4, 0.5) is 5.69 Å². The number of thiophene rings is 1. The van der Waals surface area contributed by atoms with E-state index in [1.165, 1.54) is 11.3 Å². The molecule has 0 unspecified atom stereocenters. The van der Waals surface area contributed by atoms with Gasteiger partial charge in [0.15, 0.2) is 5.15 Å². The van der Waals surface area contributed by atoms with Crippen molar-refractivity contribution in [2.24, 2.45) is 0 Å². The second-order valence-corrected chi connectivity index (χ2v) is 7.38. The largest absolute Gasteiger partial charge is 0.276 e.